The van der Waals surface area contributed by atoms with Gasteiger partial charge in [-0.25, -0.2) is 0 Å². The van der Waals surface area contributed by atoms with Crippen molar-refractivity contribution in [3.63, 3.8) is 0 Å². The number of phenols is 2. The zero-order chi connectivity index (χ0) is 10.1. The van der Waals surface area contributed by atoms with Crippen molar-refractivity contribution in [2.45, 2.75) is 18.9 Å². The Labute approximate surface area is 81.2 Å². The van der Waals surface area contributed by atoms with Gasteiger partial charge >= 0.3 is 0 Å². The minimum Gasteiger partial charge on any atom is -0.504 e. The number of aromatic hydroxyl groups is 2. The van der Waals surface area contributed by atoms with E-state index < -0.39 is 0 Å². The molecular formula is C10H11NO3. The van der Waals surface area contributed by atoms with Crippen LogP contribution >= 0.6 is 0 Å². The van der Waals surface area contributed by atoms with E-state index in [0.29, 0.717) is 11.6 Å². The summed E-state index contributed by atoms with van der Waals surface area (Å²) in [5.41, 5.74) is 0.368. The van der Waals surface area contributed by atoms with Crippen molar-refractivity contribution in [1.82, 2.24) is 5.32 Å². The van der Waals surface area contributed by atoms with E-state index in [9.17, 15) is 4.79 Å². The second kappa shape index (κ2) is 3.21. The van der Waals surface area contributed by atoms with E-state index in [1.165, 1.54) is 18.2 Å². The summed E-state index contributed by atoms with van der Waals surface area (Å²) in [6.45, 7) is 0. The number of carbonyl (C=O) groups is 1. The molecule has 1 aromatic rings. The lowest BCUT2D eigenvalue weighted by molar-refractivity contribution is 0.0950. The van der Waals surface area contributed by atoms with Crippen molar-refractivity contribution in [1.29, 1.82) is 0 Å². The Bertz CT molecular complexity index is 372. The highest BCUT2D eigenvalue weighted by molar-refractivity contribution is 5.95. The highest BCUT2D eigenvalue weighted by atomic mass is 16.3. The molecule has 1 fully saturated rings. The van der Waals surface area contributed by atoms with Gasteiger partial charge in [0.1, 0.15) is 0 Å². The van der Waals surface area contributed by atoms with Crippen molar-refractivity contribution in [2.75, 3.05) is 0 Å². The van der Waals surface area contributed by atoms with Gasteiger partial charge in [-0.2, -0.15) is 0 Å². The molecule has 1 aliphatic carbocycles. The quantitative estimate of drug-likeness (QED) is 0.613. The Morgan fingerprint density at radius 3 is 2.57 bits per heavy atom. The SMILES string of the molecule is O=C(NC1CC1)c1ccc(O)c(O)c1. The first-order chi connectivity index (χ1) is 6.66. The molecule has 0 spiro atoms. The standard InChI is InChI=1S/C10H11NO3/c12-8-4-1-6(5-9(8)13)10(14)11-7-2-3-7/h1,4-5,7,12-13H,2-3H2,(H,11,14). The van der Waals surface area contributed by atoms with Gasteiger partial charge in [0.25, 0.3) is 5.91 Å². The molecule has 0 heterocycles. The summed E-state index contributed by atoms with van der Waals surface area (Å²) in [6.07, 6.45) is 2.05. The largest absolute Gasteiger partial charge is 0.504 e. The smallest absolute Gasteiger partial charge is 0.251 e. The maximum absolute atomic E-state index is 11.5. The lowest BCUT2D eigenvalue weighted by atomic mass is 10.2. The molecule has 0 bridgehead atoms. The molecule has 0 radical (unpaired) electrons. The number of carbonyl (C=O) groups excluding carboxylic acids is 1. The predicted molar refractivity (Wildman–Crippen MR) is 50.3 cm³/mol. The van der Waals surface area contributed by atoms with E-state index >= 15 is 0 Å². The molecule has 1 amide bonds. The second-order valence-electron chi connectivity index (χ2n) is 3.45. The first kappa shape index (κ1) is 8.87. The van der Waals surface area contributed by atoms with E-state index in [1.807, 2.05) is 0 Å². The van der Waals surface area contributed by atoms with Gasteiger partial charge in [0.05, 0.1) is 0 Å². The maximum Gasteiger partial charge on any atom is 0.251 e. The molecule has 4 heteroatoms. The van der Waals surface area contributed by atoms with Crippen LogP contribution < -0.4 is 5.32 Å². The van der Waals surface area contributed by atoms with Crippen LogP contribution in [0.4, 0.5) is 0 Å². The number of hydrogen-bond acceptors (Lipinski definition) is 3. The number of hydrogen-bond donors (Lipinski definition) is 3. The van der Waals surface area contributed by atoms with Crippen LogP contribution in [0, 0.1) is 0 Å². The summed E-state index contributed by atoms with van der Waals surface area (Å²) < 4.78 is 0. The number of benzene rings is 1. The number of nitrogens with one attached hydrogen (secondary N) is 1. The fourth-order valence-corrected chi connectivity index (χ4v) is 1.16. The summed E-state index contributed by atoms with van der Waals surface area (Å²) in [7, 11) is 0. The average molecular weight is 193 g/mol. The monoisotopic (exact) mass is 193 g/mol. The maximum atomic E-state index is 11.5. The summed E-state index contributed by atoms with van der Waals surface area (Å²) in [5.74, 6) is -0.691. The van der Waals surface area contributed by atoms with Gasteiger partial charge < -0.3 is 15.5 Å². The molecule has 0 unspecified atom stereocenters. The minimum absolute atomic E-state index is 0.206. The second-order valence-corrected chi connectivity index (χ2v) is 3.45. The van der Waals surface area contributed by atoms with Gasteiger partial charge in [0.2, 0.25) is 0 Å². The Morgan fingerprint density at radius 1 is 1.29 bits per heavy atom. The van der Waals surface area contributed by atoms with Crippen LogP contribution in [0.3, 0.4) is 0 Å². The summed E-state index contributed by atoms with van der Waals surface area (Å²) in [4.78, 5) is 11.5. The zero-order valence-electron chi connectivity index (χ0n) is 7.53. The van der Waals surface area contributed by atoms with Crippen molar-refractivity contribution < 1.29 is 15.0 Å². The molecule has 3 N–H and O–H groups in total. The normalized spacial score (nSPS) is 15.1. The van der Waals surface area contributed by atoms with Crippen molar-refractivity contribution >= 4 is 5.91 Å². The van der Waals surface area contributed by atoms with Crippen LogP contribution in [-0.4, -0.2) is 22.2 Å². The zero-order valence-corrected chi connectivity index (χ0v) is 7.53. The Hall–Kier alpha value is -1.71. The van der Waals surface area contributed by atoms with E-state index in [1.54, 1.807) is 0 Å². The Balaban J connectivity index is 2.14. The molecule has 14 heavy (non-hydrogen) atoms. The molecule has 1 aromatic carbocycles. The van der Waals surface area contributed by atoms with E-state index in [2.05, 4.69) is 5.32 Å². The molecule has 74 valence electrons. The molecule has 1 saturated carbocycles. The summed E-state index contributed by atoms with van der Waals surface area (Å²) >= 11 is 0. The van der Waals surface area contributed by atoms with Gasteiger partial charge in [-0.1, -0.05) is 0 Å². The highest BCUT2D eigenvalue weighted by Gasteiger charge is 2.23. The van der Waals surface area contributed by atoms with Gasteiger partial charge in [-0.05, 0) is 31.0 Å². The van der Waals surface area contributed by atoms with Gasteiger partial charge in [-0.15, -0.1) is 0 Å². The molecule has 2 rings (SSSR count). The van der Waals surface area contributed by atoms with Crippen molar-refractivity contribution in [3.05, 3.63) is 23.8 Å². The predicted octanol–water partition coefficient (Wildman–Crippen LogP) is 0.990. The van der Waals surface area contributed by atoms with Crippen LogP contribution in [-0.2, 0) is 0 Å². The third-order valence-electron chi connectivity index (χ3n) is 2.15. The highest BCUT2D eigenvalue weighted by Crippen LogP contribution is 2.25. The van der Waals surface area contributed by atoms with Gasteiger partial charge in [-0.3, -0.25) is 4.79 Å². The van der Waals surface area contributed by atoms with Crippen LogP contribution in [0.5, 0.6) is 11.5 Å². The lowest BCUT2D eigenvalue weighted by Crippen LogP contribution is -2.25. The molecule has 4 nitrogen and oxygen atoms in total. The number of phenolic OH excluding ortho intramolecular Hbond substituents is 2. The fourth-order valence-electron chi connectivity index (χ4n) is 1.16. The van der Waals surface area contributed by atoms with Crippen molar-refractivity contribution in [3.8, 4) is 11.5 Å². The van der Waals surface area contributed by atoms with Crippen molar-refractivity contribution in [2.24, 2.45) is 0 Å². The molecule has 1 aliphatic rings. The van der Waals surface area contributed by atoms with E-state index in [0.717, 1.165) is 12.8 Å². The Kier molecular flexibility index (Phi) is 2.04. The molecule has 0 atom stereocenters. The Morgan fingerprint density at radius 2 is 2.00 bits per heavy atom. The first-order valence-electron chi connectivity index (χ1n) is 4.49. The average Bonchev–Trinajstić information content (AvgIpc) is 2.93. The minimum atomic E-state index is -0.270. The van der Waals surface area contributed by atoms with Crippen LogP contribution in [0.1, 0.15) is 23.2 Å². The first-order valence-corrected chi connectivity index (χ1v) is 4.49. The summed E-state index contributed by atoms with van der Waals surface area (Å²) in [6, 6.07) is 4.33. The molecule has 0 saturated heterocycles. The van der Waals surface area contributed by atoms with Gasteiger partial charge in [0, 0.05) is 11.6 Å². The molecule has 0 aliphatic heterocycles. The van der Waals surface area contributed by atoms with Crippen LogP contribution in [0.2, 0.25) is 0 Å². The lowest BCUT2D eigenvalue weighted by Gasteiger charge is -2.04. The summed E-state index contributed by atoms with van der Waals surface area (Å²) in [5, 5.41) is 21.0. The van der Waals surface area contributed by atoms with E-state index in [4.69, 9.17) is 10.2 Å². The number of rotatable bonds is 2. The fraction of sp³-hybridized carbons (Fsp3) is 0.300. The molecule has 0 aromatic heterocycles. The number of amides is 1. The van der Waals surface area contributed by atoms with Crippen LogP contribution in [0.15, 0.2) is 18.2 Å². The van der Waals surface area contributed by atoms with E-state index in [-0.39, 0.29) is 17.4 Å². The topological polar surface area (TPSA) is 69.6 Å². The third kappa shape index (κ3) is 1.79. The van der Waals surface area contributed by atoms with Gasteiger partial charge in [0.15, 0.2) is 11.5 Å². The van der Waals surface area contributed by atoms with Crippen LogP contribution in [0.25, 0.3) is 0 Å². The third-order valence-corrected chi connectivity index (χ3v) is 2.15. The molecular weight excluding hydrogens is 182 g/mol.